The van der Waals surface area contributed by atoms with Gasteiger partial charge in [-0.3, -0.25) is 14.7 Å². The van der Waals surface area contributed by atoms with Crippen molar-refractivity contribution in [2.75, 3.05) is 18.5 Å². The predicted molar refractivity (Wildman–Crippen MR) is 91.2 cm³/mol. The maximum absolute atomic E-state index is 12.3. The highest BCUT2D eigenvalue weighted by molar-refractivity contribution is 7.14. The summed E-state index contributed by atoms with van der Waals surface area (Å²) in [5.41, 5.74) is 1.03. The van der Waals surface area contributed by atoms with E-state index in [1.54, 1.807) is 6.07 Å². The molecule has 2 aromatic heterocycles. The first-order valence-electron chi connectivity index (χ1n) is 7.89. The first kappa shape index (κ1) is 16.7. The van der Waals surface area contributed by atoms with E-state index in [0.717, 1.165) is 36.6 Å². The molecule has 1 aliphatic heterocycles. The van der Waals surface area contributed by atoms with Crippen LogP contribution in [-0.4, -0.2) is 35.2 Å². The lowest BCUT2D eigenvalue weighted by atomic mass is 9.97. The Balaban J connectivity index is 1.58. The Morgan fingerprint density at radius 2 is 2.17 bits per heavy atom. The molecular weight excluding hydrogens is 328 g/mol. The first-order valence-corrected chi connectivity index (χ1v) is 8.71. The monoisotopic (exact) mass is 348 g/mol. The van der Waals surface area contributed by atoms with Crippen LogP contribution < -0.4 is 10.6 Å². The van der Waals surface area contributed by atoms with Gasteiger partial charge in [0, 0.05) is 42.7 Å². The number of ether oxygens (including phenoxy) is 1. The summed E-state index contributed by atoms with van der Waals surface area (Å²) in [4.78, 5) is 24.7. The van der Waals surface area contributed by atoms with Gasteiger partial charge in [-0.2, -0.15) is 5.10 Å². The smallest absolute Gasteiger partial charge is 0.266 e. The first-order chi connectivity index (χ1) is 11.6. The third kappa shape index (κ3) is 4.21. The Labute approximate surface area is 143 Å². The standard InChI is InChI=1S/C16H20N4O3S/c1-10(21)17-9-12-2-3-14(24-12)16(22)18-15-8-13(19-20-15)11-4-6-23-7-5-11/h2-3,8,11H,4-7,9H2,1H3,(H,17,21)(H2,18,19,20,22). The number of amides is 2. The number of thiophene rings is 1. The number of anilines is 1. The molecule has 3 heterocycles. The minimum absolute atomic E-state index is 0.0911. The molecule has 0 spiro atoms. The van der Waals surface area contributed by atoms with Crippen LogP contribution in [0.2, 0.25) is 0 Å². The second-order valence-electron chi connectivity index (χ2n) is 5.72. The van der Waals surface area contributed by atoms with Crippen LogP contribution in [0.3, 0.4) is 0 Å². The zero-order valence-electron chi connectivity index (χ0n) is 13.4. The van der Waals surface area contributed by atoms with Crippen LogP contribution in [0.5, 0.6) is 0 Å². The summed E-state index contributed by atoms with van der Waals surface area (Å²) in [5.74, 6) is 0.645. The van der Waals surface area contributed by atoms with Crippen molar-refractivity contribution in [3.05, 3.63) is 33.6 Å². The highest BCUT2D eigenvalue weighted by Crippen LogP contribution is 2.27. The molecule has 3 rings (SSSR count). The Hall–Kier alpha value is -2.19. The average molecular weight is 348 g/mol. The number of carbonyl (C=O) groups excluding carboxylic acids is 2. The van der Waals surface area contributed by atoms with Gasteiger partial charge in [-0.15, -0.1) is 11.3 Å². The second-order valence-corrected chi connectivity index (χ2v) is 6.89. The van der Waals surface area contributed by atoms with Gasteiger partial charge >= 0.3 is 0 Å². The molecule has 8 heteroatoms. The van der Waals surface area contributed by atoms with Crippen LogP contribution >= 0.6 is 11.3 Å². The average Bonchev–Trinajstić information content (AvgIpc) is 3.23. The molecule has 0 bridgehead atoms. The summed E-state index contributed by atoms with van der Waals surface area (Å²) < 4.78 is 5.36. The van der Waals surface area contributed by atoms with Gasteiger partial charge in [-0.25, -0.2) is 0 Å². The van der Waals surface area contributed by atoms with Crippen molar-refractivity contribution in [2.24, 2.45) is 0 Å². The number of hydrogen-bond donors (Lipinski definition) is 3. The molecule has 2 amide bonds. The van der Waals surface area contributed by atoms with Crippen molar-refractivity contribution in [3.63, 3.8) is 0 Å². The SMILES string of the molecule is CC(=O)NCc1ccc(C(=O)Nc2cc(C3CCOCC3)[nH]n2)s1. The lowest BCUT2D eigenvalue weighted by molar-refractivity contribution is -0.119. The number of H-pyrrole nitrogens is 1. The molecule has 0 saturated carbocycles. The predicted octanol–water partition coefficient (Wildman–Crippen LogP) is 2.25. The van der Waals surface area contributed by atoms with Crippen molar-refractivity contribution >= 4 is 29.0 Å². The van der Waals surface area contributed by atoms with E-state index >= 15 is 0 Å². The van der Waals surface area contributed by atoms with E-state index in [1.807, 2.05) is 12.1 Å². The molecule has 1 aliphatic rings. The van der Waals surface area contributed by atoms with Crippen LogP contribution in [0.4, 0.5) is 5.82 Å². The van der Waals surface area contributed by atoms with Crippen LogP contribution in [-0.2, 0) is 16.1 Å². The molecule has 1 saturated heterocycles. The normalized spacial score (nSPS) is 15.2. The Bertz CT molecular complexity index is 718. The van der Waals surface area contributed by atoms with Gasteiger partial charge in [0.2, 0.25) is 5.91 Å². The van der Waals surface area contributed by atoms with Crippen molar-refractivity contribution in [1.82, 2.24) is 15.5 Å². The number of aromatic nitrogens is 2. The van der Waals surface area contributed by atoms with Crippen molar-refractivity contribution in [2.45, 2.75) is 32.2 Å². The van der Waals surface area contributed by atoms with Crippen LogP contribution in [0, 0.1) is 0 Å². The molecular formula is C16H20N4O3S. The van der Waals surface area contributed by atoms with Gasteiger partial charge < -0.3 is 15.4 Å². The van der Waals surface area contributed by atoms with Crippen molar-refractivity contribution in [3.8, 4) is 0 Å². The van der Waals surface area contributed by atoms with Gasteiger partial charge in [0.25, 0.3) is 5.91 Å². The summed E-state index contributed by atoms with van der Waals surface area (Å²) >= 11 is 1.36. The van der Waals surface area contributed by atoms with Crippen LogP contribution in [0.1, 0.15) is 45.9 Å². The molecule has 0 aromatic carbocycles. The maximum atomic E-state index is 12.3. The number of rotatable bonds is 5. The minimum atomic E-state index is -0.195. The van der Waals surface area contributed by atoms with Crippen molar-refractivity contribution < 1.29 is 14.3 Å². The Morgan fingerprint density at radius 1 is 1.38 bits per heavy atom. The number of aromatic amines is 1. The largest absolute Gasteiger partial charge is 0.381 e. The number of hydrogen-bond acceptors (Lipinski definition) is 5. The molecule has 0 atom stereocenters. The van der Waals surface area contributed by atoms with Gasteiger partial charge in [-0.1, -0.05) is 0 Å². The zero-order valence-corrected chi connectivity index (χ0v) is 14.2. The molecule has 24 heavy (non-hydrogen) atoms. The molecule has 0 unspecified atom stereocenters. The third-order valence-corrected chi connectivity index (χ3v) is 4.98. The molecule has 0 radical (unpaired) electrons. The highest BCUT2D eigenvalue weighted by atomic mass is 32.1. The van der Waals surface area contributed by atoms with E-state index in [4.69, 9.17) is 4.74 Å². The molecule has 128 valence electrons. The Morgan fingerprint density at radius 3 is 2.92 bits per heavy atom. The minimum Gasteiger partial charge on any atom is -0.381 e. The molecule has 1 fully saturated rings. The van der Waals surface area contributed by atoms with E-state index in [9.17, 15) is 9.59 Å². The second kappa shape index (κ2) is 7.59. The fourth-order valence-corrected chi connectivity index (χ4v) is 3.45. The van der Waals surface area contributed by atoms with Gasteiger partial charge in [0.1, 0.15) is 0 Å². The lowest BCUT2D eigenvalue weighted by Gasteiger charge is -2.20. The highest BCUT2D eigenvalue weighted by Gasteiger charge is 2.19. The van der Waals surface area contributed by atoms with Gasteiger partial charge in [0.05, 0.1) is 11.4 Å². The van der Waals surface area contributed by atoms with Crippen molar-refractivity contribution in [1.29, 1.82) is 0 Å². The third-order valence-electron chi connectivity index (χ3n) is 3.90. The molecule has 3 N–H and O–H groups in total. The summed E-state index contributed by atoms with van der Waals surface area (Å²) in [6.45, 7) is 3.42. The van der Waals surface area contributed by atoms with E-state index in [2.05, 4.69) is 20.8 Å². The topological polar surface area (TPSA) is 96.1 Å². The lowest BCUT2D eigenvalue weighted by Crippen LogP contribution is -2.18. The fraction of sp³-hybridized carbons (Fsp3) is 0.438. The van der Waals surface area contributed by atoms with Gasteiger partial charge in [-0.05, 0) is 25.0 Å². The van der Waals surface area contributed by atoms with E-state index < -0.39 is 0 Å². The summed E-state index contributed by atoms with van der Waals surface area (Å²) in [5, 5.41) is 12.7. The number of carbonyl (C=O) groups is 2. The van der Waals surface area contributed by atoms with E-state index in [1.165, 1.54) is 18.3 Å². The van der Waals surface area contributed by atoms with Crippen LogP contribution in [0.15, 0.2) is 18.2 Å². The quantitative estimate of drug-likeness (QED) is 0.772. The van der Waals surface area contributed by atoms with E-state index in [0.29, 0.717) is 23.2 Å². The number of nitrogens with zero attached hydrogens (tertiary/aromatic N) is 1. The van der Waals surface area contributed by atoms with Gasteiger partial charge in [0.15, 0.2) is 5.82 Å². The Kier molecular flexibility index (Phi) is 5.27. The molecule has 2 aromatic rings. The fourth-order valence-electron chi connectivity index (χ4n) is 2.60. The summed E-state index contributed by atoms with van der Waals surface area (Å²) in [6.07, 6.45) is 1.93. The zero-order chi connectivity index (χ0) is 16.9. The maximum Gasteiger partial charge on any atom is 0.266 e. The molecule has 7 nitrogen and oxygen atoms in total. The summed E-state index contributed by atoms with van der Waals surface area (Å²) in [7, 11) is 0. The summed E-state index contributed by atoms with van der Waals surface area (Å²) in [6, 6.07) is 5.48. The molecule has 0 aliphatic carbocycles. The van der Waals surface area contributed by atoms with Crippen LogP contribution in [0.25, 0.3) is 0 Å². The number of nitrogens with one attached hydrogen (secondary N) is 3. The van der Waals surface area contributed by atoms with E-state index in [-0.39, 0.29) is 11.8 Å².